The van der Waals surface area contributed by atoms with Crippen molar-refractivity contribution in [3.63, 3.8) is 0 Å². The number of aryl methyl sites for hydroxylation is 2. The number of rotatable bonds is 8. The van der Waals surface area contributed by atoms with Gasteiger partial charge in [0.15, 0.2) is 5.03 Å². The highest BCUT2D eigenvalue weighted by atomic mass is 32.2. The maximum absolute atomic E-state index is 12.3. The lowest BCUT2D eigenvalue weighted by Gasteiger charge is -2.20. The van der Waals surface area contributed by atoms with Gasteiger partial charge in [0.25, 0.3) is 10.0 Å². The van der Waals surface area contributed by atoms with E-state index in [1.165, 1.54) is 29.2 Å². The van der Waals surface area contributed by atoms with E-state index in [2.05, 4.69) is 51.4 Å². The van der Waals surface area contributed by atoms with Crippen molar-refractivity contribution in [1.29, 1.82) is 0 Å². The average molecular weight is 441 g/mol. The van der Waals surface area contributed by atoms with Crippen molar-refractivity contribution >= 4 is 10.0 Å². The molecule has 3 aromatic rings. The van der Waals surface area contributed by atoms with E-state index < -0.39 is 10.0 Å². The van der Waals surface area contributed by atoms with Crippen LogP contribution in [-0.4, -0.2) is 37.7 Å². The summed E-state index contributed by atoms with van der Waals surface area (Å²) in [5.74, 6) is 0.748. The smallest absolute Gasteiger partial charge is 0.259 e. The van der Waals surface area contributed by atoms with Gasteiger partial charge in [-0.25, -0.2) is 18.1 Å². The van der Waals surface area contributed by atoms with Crippen molar-refractivity contribution in [3.8, 4) is 5.75 Å². The maximum Gasteiger partial charge on any atom is 0.259 e. The molecule has 0 radical (unpaired) electrons. The van der Waals surface area contributed by atoms with Gasteiger partial charge in [0, 0.05) is 25.8 Å². The van der Waals surface area contributed by atoms with Gasteiger partial charge in [-0.1, -0.05) is 36.4 Å². The normalized spacial score (nSPS) is 16.5. The van der Waals surface area contributed by atoms with Crippen LogP contribution in [0.15, 0.2) is 66.1 Å². The van der Waals surface area contributed by atoms with E-state index in [0.29, 0.717) is 0 Å². The molecule has 0 spiro atoms. The van der Waals surface area contributed by atoms with Crippen LogP contribution >= 0.6 is 0 Å². The molecule has 0 fully saturated rings. The van der Waals surface area contributed by atoms with E-state index in [0.717, 1.165) is 31.6 Å². The number of sulfonamides is 1. The lowest BCUT2D eigenvalue weighted by molar-refractivity contribution is 0.322. The Labute approximate surface area is 183 Å². The molecule has 1 aliphatic heterocycles. The molecule has 8 heteroatoms. The van der Waals surface area contributed by atoms with Gasteiger partial charge in [-0.05, 0) is 54.6 Å². The summed E-state index contributed by atoms with van der Waals surface area (Å²) in [5, 5.41) is 3.67. The summed E-state index contributed by atoms with van der Waals surface area (Å²) in [5.41, 5.74) is 3.89. The minimum absolute atomic E-state index is 0.00913. The highest BCUT2D eigenvalue weighted by molar-refractivity contribution is 7.89. The Morgan fingerprint density at radius 1 is 1.23 bits per heavy atom. The van der Waals surface area contributed by atoms with Crippen molar-refractivity contribution in [2.45, 2.75) is 30.3 Å². The summed E-state index contributed by atoms with van der Waals surface area (Å²) in [6.45, 7) is 1.39. The third-order valence-electron chi connectivity index (χ3n) is 5.41. The molecule has 1 unspecified atom stereocenters. The number of nitrogens with one attached hydrogen (secondary N) is 2. The second-order valence-corrected chi connectivity index (χ2v) is 9.50. The van der Waals surface area contributed by atoms with Gasteiger partial charge in [0.05, 0.1) is 6.33 Å². The first-order chi connectivity index (χ1) is 15.0. The van der Waals surface area contributed by atoms with E-state index in [1.54, 1.807) is 11.6 Å². The van der Waals surface area contributed by atoms with Gasteiger partial charge in [0.1, 0.15) is 12.4 Å². The molecule has 0 saturated carbocycles. The minimum atomic E-state index is -3.63. The van der Waals surface area contributed by atoms with Crippen LogP contribution in [0.2, 0.25) is 0 Å². The highest BCUT2D eigenvalue weighted by Gasteiger charge is 2.20. The number of hydrogen-bond donors (Lipinski definition) is 2. The molecule has 4 rings (SSSR count). The number of nitrogens with zero attached hydrogens (tertiary/aromatic N) is 2. The number of benzene rings is 2. The minimum Gasteiger partial charge on any atom is -0.492 e. The van der Waals surface area contributed by atoms with Crippen LogP contribution in [0.1, 0.15) is 29.2 Å². The first-order valence-electron chi connectivity index (χ1n) is 10.5. The van der Waals surface area contributed by atoms with Crippen molar-refractivity contribution in [1.82, 2.24) is 19.6 Å². The van der Waals surface area contributed by atoms with Crippen LogP contribution in [-0.2, 0) is 29.9 Å². The fraction of sp³-hybridized carbons (Fsp3) is 0.348. The van der Waals surface area contributed by atoms with E-state index in [1.807, 2.05) is 12.1 Å². The topological polar surface area (TPSA) is 85.2 Å². The number of fused-ring (bicyclic) bond motifs is 1. The number of hydrogen-bond acceptors (Lipinski definition) is 5. The van der Waals surface area contributed by atoms with Crippen molar-refractivity contribution in [2.24, 2.45) is 7.05 Å². The molecule has 7 nitrogen and oxygen atoms in total. The Bertz CT molecular complexity index is 1110. The van der Waals surface area contributed by atoms with Gasteiger partial charge in [-0.15, -0.1) is 0 Å². The second kappa shape index (κ2) is 9.64. The Kier molecular flexibility index (Phi) is 6.70. The molecule has 164 valence electrons. The standard InChI is InChI=1S/C23H28N4O3S/c1-27-16-23(25-17-27)31(28,29)26-12-13-30-20-10-9-19-8-5-11-24-22(21(19)15-20)14-18-6-3-2-4-7-18/h2-4,6-7,9-10,15-17,22,24,26H,5,8,11-14H2,1H3. The largest absolute Gasteiger partial charge is 0.492 e. The van der Waals surface area contributed by atoms with E-state index >= 15 is 0 Å². The Morgan fingerprint density at radius 2 is 2.06 bits per heavy atom. The van der Waals surface area contributed by atoms with Gasteiger partial charge < -0.3 is 14.6 Å². The molecule has 0 bridgehead atoms. The maximum atomic E-state index is 12.3. The SMILES string of the molecule is Cn1cnc(S(=O)(=O)NCCOc2ccc3c(c2)C(Cc2ccccc2)NCCC3)c1. The summed E-state index contributed by atoms with van der Waals surface area (Å²) in [4.78, 5) is 3.89. The Morgan fingerprint density at radius 3 is 2.84 bits per heavy atom. The third-order valence-corrected chi connectivity index (χ3v) is 6.75. The molecule has 1 atom stereocenters. The molecule has 1 aliphatic rings. The number of imidazole rings is 1. The van der Waals surface area contributed by atoms with E-state index in [-0.39, 0.29) is 24.2 Å². The predicted molar refractivity (Wildman–Crippen MR) is 120 cm³/mol. The summed E-state index contributed by atoms with van der Waals surface area (Å²) < 4.78 is 34.5. The quantitative estimate of drug-likeness (QED) is 0.526. The number of aromatic nitrogens is 2. The zero-order chi connectivity index (χ0) is 21.7. The Hall–Kier alpha value is -2.68. The molecular weight excluding hydrogens is 412 g/mol. The molecule has 0 saturated heterocycles. The first-order valence-corrected chi connectivity index (χ1v) is 12.0. The molecule has 2 N–H and O–H groups in total. The second-order valence-electron chi connectivity index (χ2n) is 7.78. The van der Waals surface area contributed by atoms with Crippen LogP contribution in [0.3, 0.4) is 0 Å². The van der Waals surface area contributed by atoms with E-state index in [4.69, 9.17) is 4.74 Å². The molecule has 0 aliphatic carbocycles. The molecule has 1 aromatic heterocycles. The van der Waals surface area contributed by atoms with Gasteiger partial charge in [-0.2, -0.15) is 0 Å². The monoisotopic (exact) mass is 440 g/mol. The van der Waals surface area contributed by atoms with Crippen LogP contribution < -0.4 is 14.8 Å². The average Bonchev–Trinajstić information content (AvgIpc) is 3.12. The first kappa shape index (κ1) is 21.5. The molecule has 2 heterocycles. The molecular formula is C23H28N4O3S. The van der Waals surface area contributed by atoms with Gasteiger partial charge in [0.2, 0.25) is 0 Å². The van der Waals surface area contributed by atoms with Crippen LogP contribution in [0.4, 0.5) is 0 Å². The fourth-order valence-corrected chi connectivity index (χ4v) is 4.85. The van der Waals surface area contributed by atoms with Crippen LogP contribution in [0.25, 0.3) is 0 Å². The van der Waals surface area contributed by atoms with Crippen LogP contribution in [0.5, 0.6) is 5.75 Å². The molecule has 0 amide bonds. The predicted octanol–water partition coefficient (Wildman–Crippen LogP) is 2.60. The fourth-order valence-electron chi connectivity index (χ4n) is 3.86. The van der Waals surface area contributed by atoms with Crippen molar-refractivity contribution in [2.75, 3.05) is 19.7 Å². The molecule has 31 heavy (non-hydrogen) atoms. The third kappa shape index (κ3) is 5.52. The van der Waals surface area contributed by atoms with Gasteiger partial charge in [-0.3, -0.25) is 0 Å². The van der Waals surface area contributed by atoms with Gasteiger partial charge >= 0.3 is 0 Å². The Balaban J connectivity index is 1.39. The lowest BCUT2D eigenvalue weighted by Crippen LogP contribution is -2.28. The van der Waals surface area contributed by atoms with Crippen molar-refractivity contribution < 1.29 is 13.2 Å². The summed E-state index contributed by atoms with van der Waals surface area (Å²) in [6.07, 6.45) is 5.99. The zero-order valence-electron chi connectivity index (χ0n) is 17.6. The van der Waals surface area contributed by atoms with Crippen LogP contribution in [0, 0.1) is 0 Å². The highest BCUT2D eigenvalue weighted by Crippen LogP contribution is 2.29. The number of ether oxygens (including phenoxy) is 1. The zero-order valence-corrected chi connectivity index (χ0v) is 18.4. The summed E-state index contributed by atoms with van der Waals surface area (Å²) >= 11 is 0. The summed E-state index contributed by atoms with van der Waals surface area (Å²) in [6, 6.07) is 16.9. The summed E-state index contributed by atoms with van der Waals surface area (Å²) in [7, 11) is -1.90. The molecule has 2 aromatic carbocycles. The van der Waals surface area contributed by atoms with E-state index in [9.17, 15) is 8.42 Å². The lowest BCUT2D eigenvalue weighted by atomic mass is 9.94. The van der Waals surface area contributed by atoms with Crippen molar-refractivity contribution in [3.05, 3.63) is 77.7 Å².